The lowest BCUT2D eigenvalue weighted by Crippen LogP contribution is -2.28. The molecule has 1 heterocycles. The number of aromatic amines is 1. The first-order chi connectivity index (χ1) is 7.59. The van der Waals surface area contributed by atoms with E-state index >= 15 is 0 Å². The Kier molecular flexibility index (Phi) is 4.46. The summed E-state index contributed by atoms with van der Waals surface area (Å²) in [6, 6.07) is 0. The second-order valence-corrected chi connectivity index (χ2v) is 3.31. The highest BCUT2D eigenvalue weighted by atomic mass is 16.5. The molecular weight excluding hydrogens is 210 g/mol. The van der Waals surface area contributed by atoms with Crippen LogP contribution in [-0.4, -0.2) is 40.8 Å². The van der Waals surface area contributed by atoms with Crippen LogP contribution in [-0.2, 0) is 4.74 Å². The minimum Gasteiger partial charge on any atom is -0.375 e. The molecule has 0 fully saturated rings. The molecule has 0 aliphatic carbocycles. The van der Waals surface area contributed by atoms with Crippen molar-refractivity contribution in [3.8, 4) is 0 Å². The number of nitrogens with zero attached hydrogens (tertiary/aromatic N) is 2. The minimum absolute atomic E-state index is 0.0451. The smallest absolute Gasteiger partial charge is 0.288 e. The van der Waals surface area contributed by atoms with Gasteiger partial charge >= 0.3 is 0 Å². The average molecular weight is 225 g/mol. The SMILES string of the molecule is C=C(C)COCCNC(=O)c1nc(N)n[nH]1. The molecule has 88 valence electrons. The molecule has 1 aromatic heterocycles. The summed E-state index contributed by atoms with van der Waals surface area (Å²) >= 11 is 0. The molecule has 0 radical (unpaired) electrons. The Morgan fingerprint density at radius 3 is 3.00 bits per heavy atom. The number of ether oxygens (including phenoxy) is 1. The fraction of sp³-hybridized carbons (Fsp3) is 0.444. The van der Waals surface area contributed by atoms with Crippen LogP contribution in [0, 0.1) is 0 Å². The molecule has 0 aliphatic rings. The van der Waals surface area contributed by atoms with Gasteiger partial charge in [-0.15, -0.1) is 5.10 Å². The number of amides is 1. The summed E-state index contributed by atoms with van der Waals surface area (Å²) in [5, 5.41) is 8.56. The van der Waals surface area contributed by atoms with Crippen molar-refractivity contribution < 1.29 is 9.53 Å². The van der Waals surface area contributed by atoms with Gasteiger partial charge in [-0.1, -0.05) is 12.2 Å². The third-order valence-electron chi connectivity index (χ3n) is 1.60. The largest absolute Gasteiger partial charge is 0.375 e. The zero-order chi connectivity index (χ0) is 12.0. The second-order valence-electron chi connectivity index (χ2n) is 3.31. The van der Waals surface area contributed by atoms with Crippen molar-refractivity contribution in [1.82, 2.24) is 20.5 Å². The van der Waals surface area contributed by atoms with E-state index in [2.05, 4.69) is 27.1 Å². The van der Waals surface area contributed by atoms with Crippen molar-refractivity contribution in [2.75, 3.05) is 25.5 Å². The van der Waals surface area contributed by atoms with Gasteiger partial charge in [0.15, 0.2) is 0 Å². The fourth-order valence-corrected chi connectivity index (χ4v) is 0.943. The van der Waals surface area contributed by atoms with E-state index < -0.39 is 0 Å². The number of nitrogens with one attached hydrogen (secondary N) is 2. The Hall–Kier alpha value is -1.89. The molecule has 0 atom stereocenters. The summed E-state index contributed by atoms with van der Waals surface area (Å²) in [4.78, 5) is 15.1. The van der Waals surface area contributed by atoms with Crippen LogP contribution in [0.15, 0.2) is 12.2 Å². The van der Waals surface area contributed by atoms with E-state index in [1.165, 1.54) is 0 Å². The summed E-state index contributed by atoms with van der Waals surface area (Å²) in [5.74, 6) is -0.218. The molecule has 4 N–H and O–H groups in total. The van der Waals surface area contributed by atoms with Gasteiger partial charge in [0.1, 0.15) is 0 Å². The van der Waals surface area contributed by atoms with Gasteiger partial charge < -0.3 is 15.8 Å². The molecule has 7 nitrogen and oxygen atoms in total. The standard InChI is InChI=1S/C9H15N5O2/c1-6(2)5-16-4-3-11-8(15)7-12-9(10)14-13-7/h1,3-5H2,2H3,(H,11,15)(H3,10,12,13,14). The number of carbonyl (C=O) groups excluding carboxylic acids is 1. The van der Waals surface area contributed by atoms with Crippen LogP contribution in [0.3, 0.4) is 0 Å². The number of rotatable bonds is 6. The van der Waals surface area contributed by atoms with Gasteiger partial charge in [0.25, 0.3) is 5.91 Å². The van der Waals surface area contributed by atoms with Crippen LogP contribution in [0.2, 0.25) is 0 Å². The predicted octanol–water partition coefficient (Wildman–Crippen LogP) is -0.291. The number of H-pyrrole nitrogens is 1. The topological polar surface area (TPSA) is 106 Å². The fourth-order valence-electron chi connectivity index (χ4n) is 0.943. The Morgan fingerprint density at radius 1 is 1.69 bits per heavy atom. The molecule has 1 amide bonds. The van der Waals surface area contributed by atoms with E-state index in [1.807, 2.05) is 6.92 Å². The number of hydrogen-bond donors (Lipinski definition) is 3. The van der Waals surface area contributed by atoms with Gasteiger partial charge in [0.05, 0.1) is 13.2 Å². The predicted molar refractivity (Wildman–Crippen MR) is 58.8 cm³/mol. The monoisotopic (exact) mass is 225 g/mol. The normalized spacial score (nSPS) is 10.1. The van der Waals surface area contributed by atoms with E-state index in [1.54, 1.807) is 0 Å². The first kappa shape index (κ1) is 12.2. The van der Waals surface area contributed by atoms with Gasteiger partial charge in [-0.05, 0) is 6.92 Å². The van der Waals surface area contributed by atoms with Crippen LogP contribution in [0.1, 0.15) is 17.5 Å². The van der Waals surface area contributed by atoms with Crippen LogP contribution in [0.4, 0.5) is 5.95 Å². The maximum absolute atomic E-state index is 11.4. The van der Waals surface area contributed by atoms with Crippen molar-refractivity contribution in [3.05, 3.63) is 18.0 Å². The Labute approximate surface area is 93.1 Å². The Bertz CT molecular complexity index is 374. The molecule has 0 bridgehead atoms. The number of nitrogen functional groups attached to an aromatic ring is 1. The van der Waals surface area contributed by atoms with Gasteiger partial charge in [-0.25, -0.2) is 0 Å². The Morgan fingerprint density at radius 2 is 2.44 bits per heavy atom. The van der Waals surface area contributed by atoms with Crippen molar-refractivity contribution in [2.45, 2.75) is 6.92 Å². The van der Waals surface area contributed by atoms with E-state index in [0.29, 0.717) is 19.8 Å². The molecule has 16 heavy (non-hydrogen) atoms. The highest BCUT2D eigenvalue weighted by Crippen LogP contribution is 1.92. The molecule has 0 spiro atoms. The van der Waals surface area contributed by atoms with E-state index in [-0.39, 0.29) is 17.7 Å². The van der Waals surface area contributed by atoms with Gasteiger partial charge in [-0.2, -0.15) is 4.98 Å². The molecule has 0 unspecified atom stereocenters. The van der Waals surface area contributed by atoms with Crippen LogP contribution in [0.25, 0.3) is 0 Å². The lowest BCUT2D eigenvalue weighted by molar-refractivity contribution is 0.0917. The zero-order valence-electron chi connectivity index (χ0n) is 9.12. The van der Waals surface area contributed by atoms with Gasteiger partial charge in [0, 0.05) is 6.54 Å². The number of aromatic nitrogens is 3. The molecule has 0 saturated carbocycles. The molecule has 0 aliphatic heterocycles. The first-order valence-electron chi connectivity index (χ1n) is 4.78. The second kappa shape index (κ2) is 5.86. The van der Waals surface area contributed by atoms with E-state index in [4.69, 9.17) is 10.5 Å². The molecule has 7 heteroatoms. The number of anilines is 1. The van der Waals surface area contributed by atoms with Crippen LogP contribution in [0.5, 0.6) is 0 Å². The lowest BCUT2D eigenvalue weighted by atomic mass is 10.4. The third-order valence-corrected chi connectivity index (χ3v) is 1.60. The van der Waals surface area contributed by atoms with Crippen molar-refractivity contribution in [1.29, 1.82) is 0 Å². The maximum Gasteiger partial charge on any atom is 0.288 e. The third kappa shape index (κ3) is 4.09. The molecule has 1 aromatic rings. The van der Waals surface area contributed by atoms with Gasteiger partial charge in [-0.3, -0.25) is 9.89 Å². The number of carbonyl (C=O) groups is 1. The van der Waals surface area contributed by atoms with Crippen LogP contribution >= 0.6 is 0 Å². The molecule has 0 saturated heterocycles. The average Bonchev–Trinajstić information content (AvgIpc) is 2.63. The number of nitrogens with two attached hydrogens (primary N) is 1. The summed E-state index contributed by atoms with van der Waals surface area (Å²) in [6.45, 7) is 6.87. The maximum atomic E-state index is 11.4. The summed E-state index contributed by atoms with van der Waals surface area (Å²) in [6.07, 6.45) is 0. The number of hydrogen-bond acceptors (Lipinski definition) is 5. The Balaban J connectivity index is 2.18. The van der Waals surface area contributed by atoms with Gasteiger partial charge in [0.2, 0.25) is 11.8 Å². The lowest BCUT2D eigenvalue weighted by Gasteiger charge is -2.04. The summed E-state index contributed by atoms with van der Waals surface area (Å²) < 4.78 is 5.20. The zero-order valence-corrected chi connectivity index (χ0v) is 9.12. The van der Waals surface area contributed by atoms with Crippen molar-refractivity contribution in [2.24, 2.45) is 0 Å². The first-order valence-corrected chi connectivity index (χ1v) is 4.78. The summed E-state index contributed by atoms with van der Waals surface area (Å²) in [5.41, 5.74) is 6.20. The molecular formula is C9H15N5O2. The highest BCUT2D eigenvalue weighted by Gasteiger charge is 2.09. The van der Waals surface area contributed by atoms with Crippen molar-refractivity contribution in [3.63, 3.8) is 0 Å². The van der Waals surface area contributed by atoms with E-state index in [9.17, 15) is 4.79 Å². The molecule has 1 rings (SSSR count). The van der Waals surface area contributed by atoms with E-state index in [0.717, 1.165) is 5.57 Å². The van der Waals surface area contributed by atoms with Crippen molar-refractivity contribution >= 4 is 11.9 Å². The molecule has 0 aromatic carbocycles. The quantitative estimate of drug-likeness (QED) is 0.455. The highest BCUT2D eigenvalue weighted by molar-refractivity contribution is 5.90. The summed E-state index contributed by atoms with van der Waals surface area (Å²) in [7, 11) is 0. The van der Waals surface area contributed by atoms with Crippen LogP contribution < -0.4 is 11.1 Å². The minimum atomic E-state index is -0.358.